The van der Waals surface area contributed by atoms with Crippen LogP contribution in [0.25, 0.3) is 22.0 Å². The average molecular weight is 373 g/mol. The lowest BCUT2D eigenvalue weighted by Gasteiger charge is -2.12. The lowest BCUT2D eigenvalue weighted by molar-refractivity contribution is -0.118. The van der Waals surface area contributed by atoms with Crippen LogP contribution in [-0.2, 0) is 21.4 Å². The van der Waals surface area contributed by atoms with Gasteiger partial charge in [0, 0.05) is 42.2 Å². The third-order valence-corrected chi connectivity index (χ3v) is 6.53. The lowest BCUT2D eigenvalue weighted by Crippen LogP contribution is -2.28. The molecule has 0 radical (unpaired) electrons. The maximum Gasteiger partial charge on any atom is 0.243 e. The van der Waals surface area contributed by atoms with E-state index in [2.05, 4.69) is 4.98 Å². The Kier molecular flexibility index (Phi) is 3.82. The predicted molar refractivity (Wildman–Crippen MR) is 95.1 cm³/mol. The first-order valence-electron chi connectivity index (χ1n) is 8.04. The number of carbonyl (C=O) groups is 1. The first-order valence-corrected chi connectivity index (χ1v) is 9.48. The van der Waals surface area contributed by atoms with Crippen LogP contribution in [0.2, 0.25) is 0 Å². The third-order valence-electron chi connectivity index (χ3n) is 4.59. The normalized spacial score (nSPS) is 16.0. The van der Waals surface area contributed by atoms with Crippen molar-refractivity contribution in [2.75, 3.05) is 6.54 Å². The van der Waals surface area contributed by atoms with Gasteiger partial charge in [-0.3, -0.25) is 4.79 Å². The molecule has 1 aliphatic rings. The fraction of sp³-hybridized carbons (Fsp3) is 0.167. The maximum absolute atomic E-state index is 13.4. The molecule has 0 spiro atoms. The Balaban J connectivity index is 1.73. The minimum atomic E-state index is -3.61. The van der Waals surface area contributed by atoms with Crippen LogP contribution in [0, 0.1) is 5.82 Å². The molecule has 2 aromatic carbocycles. The Morgan fingerprint density at radius 2 is 2.04 bits per heavy atom. The molecule has 1 amide bonds. The summed E-state index contributed by atoms with van der Waals surface area (Å²) >= 11 is 0. The number of rotatable bonds is 4. The molecule has 0 bridgehead atoms. The highest BCUT2D eigenvalue weighted by molar-refractivity contribution is 7.89. The molecule has 1 aromatic heterocycles. The van der Waals surface area contributed by atoms with Crippen molar-refractivity contribution < 1.29 is 17.6 Å². The number of fused-ring (bicyclic) bond motifs is 2. The molecule has 0 aliphatic carbocycles. The first-order chi connectivity index (χ1) is 12.4. The van der Waals surface area contributed by atoms with Crippen molar-refractivity contribution >= 4 is 26.8 Å². The van der Waals surface area contributed by atoms with E-state index < -0.39 is 15.9 Å². The summed E-state index contributed by atoms with van der Waals surface area (Å²) in [6.45, 7) is 0.268. The van der Waals surface area contributed by atoms with Gasteiger partial charge >= 0.3 is 0 Å². The number of nitrogens with zero attached hydrogens (tertiary/aromatic N) is 1. The first kappa shape index (κ1) is 16.7. The van der Waals surface area contributed by atoms with Crippen LogP contribution in [0.5, 0.6) is 0 Å². The largest absolute Gasteiger partial charge is 0.370 e. The molecule has 0 unspecified atom stereocenters. The summed E-state index contributed by atoms with van der Waals surface area (Å²) in [4.78, 5) is 14.2. The van der Waals surface area contributed by atoms with Gasteiger partial charge in [0.05, 0.1) is 4.90 Å². The van der Waals surface area contributed by atoms with Gasteiger partial charge < -0.3 is 10.7 Å². The number of nitrogens with one attached hydrogen (secondary N) is 1. The predicted octanol–water partition coefficient (Wildman–Crippen LogP) is 2.35. The van der Waals surface area contributed by atoms with Gasteiger partial charge in [-0.05, 0) is 41.5 Å². The fourth-order valence-electron chi connectivity index (χ4n) is 3.31. The van der Waals surface area contributed by atoms with E-state index in [0.29, 0.717) is 11.1 Å². The summed E-state index contributed by atoms with van der Waals surface area (Å²) in [6.07, 6.45) is 1.76. The monoisotopic (exact) mass is 373 g/mol. The lowest BCUT2D eigenvalue weighted by atomic mass is 10.0. The second-order valence-electron chi connectivity index (χ2n) is 6.27. The van der Waals surface area contributed by atoms with Crippen LogP contribution in [0.1, 0.15) is 12.0 Å². The molecule has 1 aliphatic heterocycles. The number of nitrogens with two attached hydrogens (primary N) is 1. The molecule has 3 aromatic rings. The molecular formula is C18H16FN3O3S. The number of H-pyrrole nitrogens is 1. The highest BCUT2D eigenvalue weighted by atomic mass is 32.2. The topological polar surface area (TPSA) is 96.3 Å². The van der Waals surface area contributed by atoms with Gasteiger partial charge in [0.2, 0.25) is 15.9 Å². The van der Waals surface area contributed by atoms with Gasteiger partial charge in [0.25, 0.3) is 0 Å². The number of halogens is 1. The minimum absolute atomic E-state index is 0.0198. The zero-order valence-electron chi connectivity index (χ0n) is 13.7. The SMILES string of the molecule is NC(=O)CCN1Cc2cc(-c3c[nH]c4cc(F)ccc34)ccc2S1(=O)=O. The van der Waals surface area contributed by atoms with Crippen LogP contribution in [0.15, 0.2) is 47.5 Å². The Hall–Kier alpha value is -2.71. The van der Waals surface area contributed by atoms with E-state index in [9.17, 15) is 17.6 Å². The molecule has 0 fully saturated rings. The van der Waals surface area contributed by atoms with Gasteiger partial charge in [0.15, 0.2) is 0 Å². The van der Waals surface area contributed by atoms with Gasteiger partial charge in [-0.25, -0.2) is 12.8 Å². The zero-order valence-corrected chi connectivity index (χ0v) is 14.5. The highest BCUT2D eigenvalue weighted by Crippen LogP contribution is 2.36. The minimum Gasteiger partial charge on any atom is -0.370 e. The Bertz CT molecular complexity index is 1140. The number of hydrogen-bond acceptors (Lipinski definition) is 3. The number of primary amides is 1. The van der Waals surface area contributed by atoms with Crippen molar-refractivity contribution in [3.8, 4) is 11.1 Å². The molecule has 26 heavy (non-hydrogen) atoms. The van der Waals surface area contributed by atoms with E-state index in [1.807, 2.05) is 6.07 Å². The number of sulfonamides is 1. The Labute approximate surface area is 149 Å². The van der Waals surface area contributed by atoms with Gasteiger partial charge in [0.1, 0.15) is 5.82 Å². The maximum atomic E-state index is 13.4. The summed E-state index contributed by atoms with van der Waals surface area (Å²) < 4.78 is 39.8. The standard InChI is InChI=1S/C18H16FN3O3S/c19-13-2-3-14-15(9-21-16(14)8-13)11-1-4-17-12(7-11)10-22(26(17,24)25)6-5-18(20)23/h1-4,7-9,21H,5-6,10H2,(H2,20,23). The molecule has 0 saturated carbocycles. The third kappa shape index (κ3) is 2.67. The smallest absolute Gasteiger partial charge is 0.243 e. The van der Waals surface area contributed by atoms with E-state index >= 15 is 0 Å². The highest BCUT2D eigenvalue weighted by Gasteiger charge is 2.34. The van der Waals surface area contributed by atoms with E-state index in [1.54, 1.807) is 24.4 Å². The summed E-state index contributed by atoms with van der Waals surface area (Å²) in [5.41, 5.74) is 8.18. The number of hydrogen-bond donors (Lipinski definition) is 2. The molecule has 4 rings (SSSR count). The van der Waals surface area contributed by atoms with Crippen molar-refractivity contribution in [2.45, 2.75) is 17.9 Å². The summed E-state index contributed by atoms with van der Waals surface area (Å²) in [6, 6.07) is 9.64. The number of benzene rings is 2. The van der Waals surface area contributed by atoms with Gasteiger partial charge in [-0.15, -0.1) is 0 Å². The Morgan fingerprint density at radius 3 is 2.81 bits per heavy atom. The second-order valence-corrected chi connectivity index (χ2v) is 8.18. The van der Waals surface area contributed by atoms with Crippen molar-refractivity contribution in [1.29, 1.82) is 0 Å². The van der Waals surface area contributed by atoms with Crippen molar-refractivity contribution in [2.24, 2.45) is 5.73 Å². The number of aromatic nitrogens is 1. The van der Waals surface area contributed by atoms with Crippen LogP contribution in [0.4, 0.5) is 4.39 Å². The summed E-state index contributed by atoms with van der Waals surface area (Å²) in [5.74, 6) is -0.862. The van der Waals surface area contributed by atoms with Crippen LogP contribution < -0.4 is 5.73 Å². The second kappa shape index (κ2) is 5.93. The zero-order chi connectivity index (χ0) is 18.5. The van der Waals surface area contributed by atoms with Crippen LogP contribution >= 0.6 is 0 Å². The van der Waals surface area contributed by atoms with E-state index in [1.165, 1.54) is 16.4 Å². The van der Waals surface area contributed by atoms with E-state index in [-0.39, 0.29) is 30.2 Å². The molecule has 3 N–H and O–H groups in total. The van der Waals surface area contributed by atoms with Crippen LogP contribution in [0.3, 0.4) is 0 Å². The summed E-state index contributed by atoms with van der Waals surface area (Å²) in [5, 5.41) is 0.859. The quantitative estimate of drug-likeness (QED) is 0.735. The molecule has 8 heteroatoms. The fourth-order valence-corrected chi connectivity index (χ4v) is 4.92. The number of aromatic amines is 1. The van der Waals surface area contributed by atoms with Crippen LogP contribution in [-0.4, -0.2) is 30.2 Å². The van der Waals surface area contributed by atoms with Crippen molar-refractivity contribution in [3.63, 3.8) is 0 Å². The molecular weight excluding hydrogens is 357 g/mol. The van der Waals surface area contributed by atoms with Crippen molar-refractivity contribution in [3.05, 3.63) is 54.0 Å². The Morgan fingerprint density at radius 1 is 1.23 bits per heavy atom. The molecule has 0 atom stereocenters. The van der Waals surface area contributed by atoms with Gasteiger partial charge in [-0.1, -0.05) is 6.07 Å². The van der Waals surface area contributed by atoms with Crippen molar-refractivity contribution in [1.82, 2.24) is 9.29 Å². The molecule has 2 heterocycles. The molecule has 0 saturated heterocycles. The number of amides is 1. The molecule has 134 valence electrons. The average Bonchev–Trinajstić information content (AvgIpc) is 3.11. The van der Waals surface area contributed by atoms with E-state index in [0.717, 1.165) is 16.5 Å². The van der Waals surface area contributed by atoms with Gasteiger partial charge in [-0.2, -0.15) is 4.31 Å². The number of carbonyl (C=O) groups excluding carboxylic acids is 1. The van der Waals surface area contributed by atoms with E-state index in [4.69, 9.17) is 5.73 Å². The molecule has 6 nitrogen and oxygen atoms in total. The summed E-state index contributed by atoms with van der Waals surface area (Å²) in [7, 11) is -3.61.